The van der Waals surface area contributed by atoms with Gasteiger partial charge in [-0.2, -0.15) is 0 Å². The Bertz CT molecular complexity index is 787. The summed E-state index contributed by atoms with van der Waals surface area (Å²) < 4.78 is 12.2. The summed E-state index contributed by atoms with van der Waals surface area (Å²) in [5.41, 5.74) is 0.913. The number of rotatable bonds is 9. The van der Waals surface area contributed by atoms with Crippen molar-refractivity contribution in [2.75, 3.05) is 25.6 Å². The van der Waals surface area contributed by atoms with Gasteiger partial charge in [-0.3, -0.25) is 4.79 Å². The van der Waals surface area contributed by atoms with Gasteiger partial charge in [0.05, 0.1) is 31.0 Å². The summed E-state index contributed by atoms with van der Waals surface area (Å²) in [6.45, 7) is 5.46. The number of aromatic nitrogens is 1. The summed E-state index contributed by atoms with van der Waals surface area (Å²) in [6.07, 6.45) is 1.60. The molecule has 27 heavy (non-hydrogen) atoms. The normalized spacial score (nSPS) is 11.2. The number of ether oxygens (including phenoxy) is 2. The van der Waals surface area contributed by atoms with E-state index in [1.165, 1.54) is 10.6 Å². The van der Waals surface area contributed by atoms with E-state index in [9.17, 15) is 9.59 Å². The maximum atomic E-state index is 12.3. The van der Waals surface area contributed by atoms with Crippen molar-refractivity contribution in [2.45, 2.75) is 32.5 Å². The second kappa shape index (κ2) is 9.89. The molecule has 0 aliphatic rings. The lowest BCUT2D eigenvalue weighted by Crippen LogP contribution is -2.48. The fraction of sp³-hybridized carbons (Fsp3) is 0.400. The van der Waals surface area contributed by atoms with E-state index in [0.29, 0.717) is 32.1 Å². The molecule has 2 N–H and O–H groups in total. The summed E-state index contributed by atoms with van der Waals surface area (Å²) in [4.78, 5) is 24.1. The molecule has 0 aliphatic heterocycles. The average molecular weight is 373 g/mol. The molecule has 0 saturated carbocycles. The molecule has 0 bridgehead atoms. The Morgan fingerprint density at radius 1 is 1.15 bits per heavy atom. The van der Waals surface area contributed by atoms with E-state index in [2.05, 4.69) is 10.6 Å². The molecule has 1 aromatic carbocycles. The van der Waals surface area contributed by atoms with Gasteiger partial charge in [-0.15, -0.1) is 0 Å². The predicted octanol–water partition coefficient (Wildman–Crippen LogP) is 2.61. The number of nitrogens with zero attached hydrogens (tertiary/aromatic N) is 1. The minimum absolute atomic E-state index is 0.146. The van der Waals surface area contributed by atoms with E-state index < -0.39 is 5.54 Å². The lowest BCUT2D eigenvalue weighted by molar-refractivity contribution is 0.0753. The van der Waals surface area contributed by atoms with Crippen LogP contribution < -0.4 is 16.2 Å². The van der Waals surface area contributed by atoms with Gasteiger partial charge in [0.2, 0.25) is 0 Å². The molecule has 0 fully saturated rings. The number of anilines is 1. The van der Waals surface area contributed by atoms with Crippen molar-refractivity contribution in [2.24, 2.45) is 0 Å². The van der Waals surface area contributed by atoms with E-state index in [0.717, 1.165) is 5.56 Å². The first-order chi connectivity index (χ1) is 12.9. The fourth-order valence-corrected chi connectivity index (χ4v) is 2.47. The lowest BCUT2D eigenvalue weighted by atomic mass is 10.1. The number of amides is 2. The highest BCUT2D eigenvalue weighted by atomic mass is 16.5. The summed E-state index contributed by atoms with van der Waals surface area (Å²) >= 11 is 0. The molecular formula is C20H27N3O4. The first kappa shape index (κ1) is 20.7. The number of urea groups is 1. The second-order valence-electron chi connectivity index (χ2n) is 6.88. The zero-order chi connectivity index (χ0) is 19.7. The van der Waals surface area contributed by atoms with Crippen molar-refractivity contribution < 1.29 is 14.3 Å². The Labute approximate surface area is 159 Å². The van der Waals surface area contributed by atoms with Crippen molar-refractivity contribution in [1.29, 1.82) is 0 Å². The molecule has 146 valence electrons. The summed E-state index contributed by atoms with van der Waals surface area (Å²) in [7, 11) is 1.57. The maximum absolute atomic E-state index is 12.3. The second-order valence-corrected chi connectivity index (χ2v) is 6.88. The minimum atomic E-state index is -0.552. The van der Waals surface area contributed by atoms with E-state index in [1.54, 1.807) is 19.4 Å². The Hall–Kier alpha value is -2.64. The van der Waals surface area contributed by atoms with Crippen LogP contribution in [0.15, 0.2) is 53.5 Å². The predicted molar refractivity (Wildman–Crippen MR) is 105 cm³/mol. The van der Waals surface area contributed by atoms with Crippen LogP contribution in [0.2, 0.25) is 0 Å². The first-order valence-corrected chi connectivity index (χ1v) is 8.80. The molecule has 2 rings (SSSR count). The summed E-state index contributed by atoms with van der Waals surface area (Å²) in [5.74, 6) is 0. The molecule has 0 spiro atoms. The molecule has 0 atom stereocenters. The van der Waals surface area contributed by atoms with E-state index >= 15 is 0 Å². The SMILES string of the molecule is COCCn1cc(NC(=O)NC(C)(C)COCc2ccccc2)ccc1=O. The number of nitrogens with one attached hydrogen (secondary N) is 2. The lowest BCUT2D eigenvalue weighted by Gasteiger charge is -2.26. The molecule has 0 unspecified atom stereocenters. The first-order valence-electron chi connectivity index (χ1n) is 8.80. The number of hydrogen-bond acceptors (Lipinski definition) is 4. The van der Waals surface area contributed by atoms with Crippen LogP contribution in [0.4, 0.5) is 10.5 Å². The van der Waals surface area contributed by atoms with E-state index in [1.807, 2.05) is 44.2 Å². The van der Waals surface area contributed by atoms with Gasteiger partial charge in [0.15, 0.2) is 0 Å². The number of carbonyl (C=O) groups excluding carboxylic acids is 1. The third-order valence-electron chi connectivity index (χ3n) is 3.80. The molecule has 1 aromatic heterocycles. The summed E-state index contributed by atoms with van der Waals surface area (Å²) in [6, 6.07) is 12.5. The highest BCUT2D eigenvalue weighted by Gasteiger charge is 2.21. The third kappa shape index (κ3) is 7.24. The van der Waals surface area contributed by atoms with Crippen molar-refractivity contribution in [3.05, 3.63) is 64.6 Å². The third-order valence-corrected chi connectivity index (χ3v) is 3.80. The van der Waals surface area contributed by atoms with Crippen LogP contribution in [-0.2, 0) is 22.6 Å². The number of pyridine rings is 1. The monoisotopic (exact) mass is 373 g/mol. The Kier molecular flexibility index (Phi) is 7.57. The Morgan fingerprint density at radius 2 is 1.89 bits per heavy atom. The zero-order valence-electron chi connectivity index (χ0n) is 16.0. The van der Waals surface area contributed by atoms with Gasteiger partial charge in [-0.05, 0) is 25.5 Å². The summed E-state index contributed by atoms with van der Waals surface area (Å²) in [5, 5.41) is 5.63. The Balaban J connectivity index is 1.85. The van der Waals surface area contributed by atoms with Crippen molar-refractivity contribution >= 4 is 11.7 Å². The highest BCUT2D eigenvalue weighted by Crippen LogP contribution is 2.08. The van der Waals surface area contributed by atoms with Crippen molar-refractivity contribution in [3.63, 3.8) is 0 Å². The van der Waals surface area contributed by atoms with Gasteiger partial charge in [0, 0.05) is 25.9 Å². The number of carbonyl (C=O) groups is 1. The molecule has 0 aliphatic carbocycles. The van der Waals surface area contributed by atoms with Crippen molar-refractivity contribution in [1.82, 2.24) is 9.88 Å². The van der Waals surface area contributed by atoms with Crippen LogP contribution in [0.25, 0.3) is 0 Å². The van der Waals surface area contributed by atoms with Crippen LogP contribution in [0.5, 0.6) is 0 Å². The Morgan fingerprint density at radius 3 is 2.59 bits per heavy atom. The van der Waals surface area contributed by atoms with Crippen molar-refractivity contribution in [3.8, 4) is 0 Å². The number of hydrogen-bond donors (Lipinski definition) is 2. The van der Waals surface area contributed by atoms with Gasteiger partial charge in [-0.25, -0.2) is 4.79 Å². The topological polar surface area (TPSA) is 81.6 Å². The fourth-order valence-electron chi connectivity index (χ4n) is 2.47. The van der Waals surface area contributed by atoms with Crippen LogP contribution in [0.3, 0.4) is 0 Å². The molecule has 2 amide bonds. The number of methoxy groups -OCH3 is 1. The number of benzene rings is 1. The van der Waals surface area contributed by atoms with Crippen LogP contribution in [0, 0.1) is 0 Å². The standard InChI is InChI=1S/C20H27N3O4/c1-20(2,15-27-14-16-7-5-4-6-8-16)22-19(25)21-17-9-10-18(24)23(13-17)11-12-26-3/h4-10,13H,11-12,14-15H2,1-3H3,(H2,21,22,25). The largest absolute Gasteiger partial charge is 0.383 e. The quantitative estimate of drug-likeness (QED) is 0.708. The maximum Gasteiger partial charge on any atom is 0.319 e. The average Bonchev–Trinajstić information content (AvgIpc) is 2.62. The van der Waals surface area contributed by atoms with E-state index in [4.69, 9.17) is 9.47 Å². The van der Waals surface area contributed by atoms with Crippen LogP contribution >= 0.6 is 0 Å². The molecule has 0 saturated heterocycles. The molecular weight excluding hydrogens is 346 g/mol. The minimum Gasteiger partial charge on any atom is -0.383 e. The molecule has 2 aromatic rings. The van der Waals surface area contributed by atoms with Gasteiger partial charge in [0.25, 0.3) is 5.56 Å². The van der Waals surface area contributed by atoms with Gasteiger partial charge in [-0.1, -0.05) is 30.3 Å². The molecule has 7 nitrogen and oxygen atoms in total. The van der Waals surface area contributed by atoms with Gasteiger partial charge < -0.3 is 24.7 Å². The molecule has 0 radical (unpaired) electrons. The molecule has 1 heterocycles. The zero-order valence-corrected chi connectivity index (χ0v) is 16.0. The van der Waals surface area contributed by atoms with Crippen LogP contribution in [-0.4, -0.2) is 36.5 Å². The van der Waals surface area contributed by atoms with Gasteiger partial charge >= 0.3 is 6.03 Å². The smallest absolute Gasteiger partial charge is 0.319 e. The molecule has 7 heteroatoms. The highest BCUT2D eigenvalue weighted by molar-refractivity contribution is 5.89. The van der Waals surface area contributed by atoms with Gasteiger partial charge in [0.1, 0.15) is 0 Å². The van der Waals surface area contributed by atoms with Crippen LogP contribution in [0.1, 0.15) is 19.4 Å². The van der Waals surface area contributed by atoms with E-state index in [-0.39, 0.29) is 11.6 Å².